The standard InChI is InChI=1S/C15H21NO3/c17-9-7-13-6-8-16(10-13)15(18)12-19-11-14-4-2-1-3-5-14/h1-5,13,17H,6-12H2. The van der Waals surface area contributed by atoms with Crippen LogP contribution in [0.4, 0.5) is 0 Å². The summed E-state index contributed by atoms with van der Waals surface area (Å²) in [5, 5.41) is 8.89. The van der Waals surface area contributed by atoms with Crippen LogP contribution in [-0.2, 0) is 16.1 Å². The molecular weight excluding hydrogens is 242 g/mol. The second kappa shape index (κ2) is 7.26. The highest BCUT2D eigenvalue weighted by molar-refractivity contribution is 5.77. The van der Waals surface area contributed by atoms with Crippen LogP contribution in [0.3, 0.4) is 0 Å². The van der Waals surface area contributed by atoms with Gasteiger partial charge in [0.1, 0.15) is 6.61 Å². The number of hydrogen-bond acceptors (Lipinski definition) is 3. The number of aliphatic hydroxyl groups is 1. The first-order chi connectivity index (χ1) is 9.29. The summed E-state index contributed by atoms with van der Waals surface area (Å²) in [5.41, 5.74) is 1.08. The molecule has 0 spiro atoms. The number of amides is 1. The van der Waals surface area contributed by atoms with E-state index in [1.807, 2.05) is 35.2 Å². The van der Waals surface area contributed by atoms with Crippen molar-refractivity contribution in [2.24, 2.45) is 5.92 Å². The Balaban J connectivity index is 1.68. The van der Waals surface area contributed by atoms with Crippen molar-refractivity contribution in [3.63, 3.8) is 0 Å². The number of rotatable bonds is 6. The molecule has 4 nitrogen and oxygen atoms in total. The topological polar surface area (TPSA) is 49.8 Å². The van der Waals surface area contributed by atoms with Gasteiger partial charge in [-0.3, -0.25) is 4.79 Å². The number of ether oxygens (including phenoxy) is 1. The van der Waals surface area contributed by atoms with Gasteiger partial charge in [-0.2, -0.15) is 0 Å². The molecule has 0 radical (unpaired) electrons. The number of hydrogen-bond donors (Lipinski definition) is 1. The summed E-state index contributed by atoms with van der Waals surface area (Å²) in [5.74, 6) is 0.499. The first-order valence-electron chi connectivity index (χ1n) is 6.80. The summed E-state index contributed by atoms with van der Waals surface area (Å²) in [7, 11) is 0. The van der Waals surface area contributed by atoms with Crippen molar-refractivity contribution < 1.29 is 14.6 Å². The molecule has 0 aromatic heterocycles. The highest BCUT2D eigenvalue weighted by atomic mass is 16.5. The Labute approximate surface area is 114 Å². The molecule has 0 bridgehead atoms. The van der Waals surface area contributed by atoms with Crippen molar-refractivity contribution in [1.82, 2.24) is 4.90 Å². The molecule has 1 N–H and O–H groups in total. The lowest BCUT2D eigenvalue weighted by Gasteiger charge is -2.16. The zero-order chi connectivity index (χ0) is 13.5. The lowest BCUT2D eigenvalue weighted by molar-refractivity contribution is -0.135. The summed E-state index contributed by atoms with van der Waals surface area (Å²) in [4.78, 5) is 13.8. The third-order valence-electron chi connectivity index (χ3n) is 3.51. The molecule has 19 heavy (non-hydrogen) atoms. The van der Waals surface area contributed by atoms with Crippen molar-refractivity contribution in [1.29, 1.82) is 0 Å². The molecular formula is C15H21NO3. The van der Waals surface area contributed by atoms with Gasteiger partial charge in [0.25, 0.3) is 0 Å². The predicted molar refractivity (Wildman–Crippen MR) is 72.5 cm³/mol. The van der Waals surface area contributed by atoms with Crippen LogP contribution in [0.2, 0.25) is 0 Å². The Kier molecular flexibility index (Phi) is 5.36. The summed E-state index contributed by atoms with van der Waals surface area (Å²) < 4.78 is 5.45. The normalized spacial score (nSPS) is 18.8. The molecule has 1 aliphatic rings. The molecule has 104 valence electrons. The van der Waals surface area contributed by atoms with Crippen molar-refractivity contribution in [2.45, 2.75) is 19.4 Å². The zero-order valence-electron chi connectivity index (χ0n) is 11.1. The third kappa shape index (κ3) is 4.33. The van der Waals surface area contributed by atoms with Gasteiger partial charge < -0.3 is 14.7 Å². The number of aliphatic hydroxyl groups excluding tert-OH is 1. The first-order valence-corrected chi connectivity index (χ1v) is 6.80. The minimum atomic E-state index is 0.0522. The van der Waals surface area contributed by atoms with Crippen molar-refractivity contribution >= 4 is 5.91 Å². The lowest BCUT2D eigenvalue weighted by Crippen LogP contribution is -2.32. The van der Waals surface area contributed by atoms with E-state index in [2.05, 4.69) is 0 Å². The fourth-order valence-corrected chi connectivity index (χ4v) is 2.40. The number of carbonyl (C=O) groups is 1. The third-order valence-corrected chi connectivity index (χ3v) is 3.51. The maximum absolute atomic E-state index is 11.9. The molecule has 1 fully saturated rings. The Bertz CT molecular complexity index is 394. The summed E-state index contributed by atoms with van der Waals surface area (Å²) in [6.07, 6.45) is 1.78. The molecule has 0 aliphatic carbocycles. The smallest absolute Gasteiger partial charge is 0.248 e. The van der Waals surface area contributed by atoms with Gasteiger partial charge in [-0.25, -0.2) is 0 Å². The van der Waals surface area contributed by atoms with E-state index in [0.717, 1.165) is 31.5 Å². The number of carbonyl (C=O) groups excluding carboxylic acids is 1. The van der Waals surface area contributed by atoms with E-state index in [-0.39, 0.29) is 19.1 Å². The van der Waals surface area contributed by atoms with Crippen LogP contribution >= 0.6 is 0 Å². The average Bonchev–Trinajstić information content (AvgIpc) is 2.89. The summed E-state index contributed by atoms with van der Waals surface area (Å²) in [6.45, 7) is 2.37. The number of benzene rings is 1. The molecule has 1 heterocycles. The van der Waals surface area contributed by atoms with Crippen LogP contribution in [0.15, 0.2) is 30.3 Å². The number of nitrogens with zero attached hydrogens (tertiary/aromatic N) is 1. The molecule has 1 aromatic rings. The highest BCUT2D eigenvalue weighted by Crippen LogP contribution is 2.19. The van der Waals surface area contributed by atoms with E-state index in [9.17, 15) is 4.79 Å². The van der Waals surface area contributed by atoms with Gasteiger partial charge in [0.05, 0.1) is 6.61 Å². The molecule has 2 rings (SSSR count). The van der Waals surface area contributed by atoms with E-state index in [1.54, 1.807) is 0 Å². The molecule has 4 heteroatoms. The van der Waals surface area contributed by atoms with E-state index in [1.165, 1.54) is 0 Å². The van der Waals surface area contributed by atoms with Gasteiger partial charge in [-0.05, 0) is 24.3 Å². The largest absolute Gasteiger partial charge is 0.396 e. The maximum Gasteiger partial charge on any atom is 0.248 e. The SMILES string of the molecule is O=C(COCc1ccccc1)N1CCC(CCO)C1. The van der Waals surface area contributed by atoms with Gasteiger partial charge >= 0.3 is 0 Å². The minimum absolute atomic E-state index is 0.0522. The predicted octanol–water partition coefficient (Wildman–Crippen LogP) is 1.43. The molecule has 1 unspecified atom stereocenters. The van der Waals surface area contributed by atoms with E-state index >= 15 is 0 Å². The lowest BCUT2D eigenvalue weighted by atomic mass is 10.1. The molecule has 1 saturated heterocycles. The van der Waals surface area contributed by atoms with E-state index in [0.29, 0.717) is 12.5 Å². The van der Waals surface area contributed by atoms with Crippen molar-refractivity contribution in [3.05, 3.63) is 35.9 Å². The van der Waals surface area contributed by atoms with Crippen molar-refractivity contribution in [2.75, 3.05) is 26.3 Å². The fraction of sp³-hybridized carbons (Fsp3) is 0.533. The summed E-state index contributed by atoms with van der Waals surface area (Å²) in [6, 6.07) is 9.84. The van der Waals surface area contributed by atoms with Crippen LogP contribution in [-0.4, -0.2) is 42.2 Å². The second-order valence-electron chi connectivity index (χ2n) is 4.99. The summed E-state index contributed by atoms with van der Waals surface area (Å²) >= 11 is 0. The van der Waals surface area contributed by atoms with Gasteiger partial charge in [-0.1, -0.05) is 30.3 Å². The van der Waals surface area contributed by atoms with Gasteiger partial charge in [0.2, 0.25) is 5.91 Å². The zero-order valence-corrected chi connectivity index (χ0v) is 11.1. The Hall–Kier alpha value is -1.39. The first kappa shape index (κ1) is 14.0. The quantitative estimate of drug-likeness (QED) is 0.845. The van der Waals surface area contributed by atoms with Crippen LogP contribution in [0.5, 0.6) is 0 Å². The van der Waals surface area contributed by atoms with Gasteiger partial charge in [-0.15, -0.1) is 0 Å². The molecule has 1 aromatic carbocycles. The second-order valence-corrected chi connectivity index (χ2v) is 4.99. The molecule has 0 saturated carbocycles. The Morgan fingerprint density at radius 2 is 2.16 bits per heavy atom. The van der Waals surface area contributed by atoms with Crippen LogP contribution in [0, 0.1) is 5.92 Å². The molecule has 1 atom stereocenters. The number of likely N-dealkylation sites (tertiary alicyclic amines) is 1. The monoisotopic (exact) mass is 263 g/mol. The molecule has 1 amide bonds. The highest BCUT2D eigenvalue weighted by Gasteiger charge is 2.25. The van der Waals surface area contributed by atoms with Crippen LogP contribution in [0.1, 0.15) is 18.4 Å². The van der Waals surface area contributed by atoms with Crippen LogP contribution < -0.4 is 0 Å². The molecule has 1 aliphatic heterocycles. The fourth-order valence-electron chi connectivity index (χ4n) is 2.40. The Morgan fingerprint density at radius 1 is 1.37 bits per heavy atom. The Morgan fingerprint density at radius 3 is 2.89 bits per heavy atom. The maximum atomic E-state index is 11.9. The van der Waals surface area contributed by atoms with Gasteiger partial charge in [0.15, 0.2) is 0 Å². The average molecular weight is 263 g/mol. The van der Waals surface area contributed by atoms with Crippen LogP contribution in [0.25, 0.3) is 0 Å². The van der Waals surface area contributed by atoms with Crippen molar-refractivity contribution in [3.8, 4) is 0 Å². The minimum Gasteiger partial charge on any atom is -0.396 e. The van der Waals surface area contributed by atoms with E-state index in [4.69, 9.17) is 9.84 Å². The van der Waals surface area contributed by atoms with Gasteiger partial charge in [0, 0.05) is 19.7 Å². The van der Waals surface area contributed by atoms with E-state index < -0.39 is 0 Å².